The number of aliphatic hydroxyl groups excluding tert-OH is 1. The number of nitrogens with one attached hydrogen (secondary N) is 1. The van der Waals surface area contributed by atoms with E-state index < -0.39 is 0 Å². The van der Waals surface area contributed by atoms with E-state index in [4.69, 9.17) is 0 Å². The molecule has 1 aromatic carbocycles. The molecule has 2 unspecified atom stereocenters. The van der Waals surface area contributed by atoms with E-state index >= 15 is 0 Å². The molecule has 16 heavy (non-hydrogen) atoms. The van der Waals surface area contributed by atoms with Crippen LogP contribution in [0.2, 0.25) is 0 Å². The topological polar surface area (TPSA) is 32.3 Å². The van der Waals surface area contributed by atoms with Crippen LogP contribution >= 0.6 is 0 Å². The lowest BCUT2D eigenvalue weighted by atomic mass is 9.89. The number of piperidine rings is 1. The van der Waals surface area contributed by atoms with Crippen LogP contribution in [0.1, 0.15) is 24.0 Å². The van der Waals surface area contributed by atoms with E-state index in [2.05, 4.69) is 24.4 Å². The van der Waals surface area contributed by atoms with Crippen molar-refractivity contribution >= 4 is 0 Å². The molecule has 2 nitrogen and oxygen atoms in total. The van der Waals surface area contributed by atoms with Crippen molar-refractivity contribution in [2.45, 2.75) is 32.3 Å². The Morgan fingerprint density at radius 1 is 1.44 bits per heavy atom. The second-order valence-corrected chi connectivity index (χ2v) is 4.80. The Kier molecular flexibility index (Phi) is 3.97. The summed E-state index contributed by atoms with van der Waals surface area (Å²) in [6.45, 7) is 4.18. The van der Waals surface area contributed by atoms with Gasteiger partial charge in [0.25, 0.3) is 0 Å². The van der Waals surface area contributed by atoms with Gasteiger partial charge in [-0.15, -0.1) is 0 Å². The lowest BCUT2D eigenvalue weighted by Gasteiger charge is -2.27. The molecule has 2 heteroatoms. The fraction of sp³-hybridized carbons (Fsp3) is 0.571. The summed E-state index contributed by atoms with van der Waals surface area (Å²) in [5, 5.41) is 13.6. The Labute approximate surface area is 97.7 Å². The lowest BCUT2D eigenvalue weighted by Crippen LogP contribution is -2.37. The van der Waals surface area contributed by atoms with Crippen molar-refractivity contribution in [3.63, 3.8) is 0 Å². The van der Waals surface area contributed by atoms with Crippen LogP contribution < -0.4 is 5.32 Å². The van der Waals surface area contributed by atoms with Gasteiger partial charge in [-0.05, 0) is 49.8 Å². The van der Waals surface area contributed by atoms with Crippen LogP contribution in [0, 0.1) is 12.8 Å². The summed E-state index contributed by atoms with van der Waals surface area (Å²) in [6.07, 6.45) is 2.93. The van der Waals surface area contributed by atoms with Gasteiger partial charge < -0.3 is 10.4 Å². The van der Waals surface area contributed by atoms with E-state index in [0.29, 0.717) is 5.92 Å². The third-order valence-electron chi connectivity index (χ3n) is 3.57. The van der Waals surface area contributed by atoms with Crippen LogP contribution in [-0.4, -0.2) is 24.3 Å². The molecule has 0 aliphatic carbocycles. The quantitative estimate of drug-likeness (QED) is 0.814. The van der Waals surface area contributed by atoms with Gasteiger partial charge in [0.1, 0.15) is 0 Å². The average Bonchev–Trinajstić information content (AvgIpc) is 2.33. The molecule has 1 aliphatic rings. The fourth-order valence-electron chi connectivity index (χ4n) is 2.44. The first kappa shape index (κ1) is 11.6. The molecule has 1 aromatic rings. The first-order chi connectivity index (χ1) is 7.77. The van der Waals surface area contributed by atoms with E-state index in [-0.39, 0.29) is 6.10 Å². The summed E-state index contributed by atoms with van der Waals surface area (Å²) < 4.78 is 0. The second kappa shape index (κ2) is 5.46. The maximum Gasteiger partial charge on any atom is 0.0620 e. The van der Waals surface area contributed by atoms with Gasteiger partial charge in [-0.3, -0.25) is 0 Å². The lowest BCUT2D eigenvalue weighted by molar-refractivity contribution is 0.0921. The minimum atomic E-state index is -0.200. The molecule has 1 heterocycles. The van der Waals surface area contributed by atoms with Crippen molar-refractivity contribution in [3.8, 4) is 0 Å². The second-order valence-electron chi connectivity index (χ2n) is 4.80. The van der Waals surface area contributed by atoms with E-state index in [1.807, 2.05) is 12.1 Å². The van der Waals surface area contributed by atoms with E-state index in [0.717, 1.165) is 25.9 Å². The molecule has 2 N–H and O–H groups in total. The first-order valence-corrected chi connectivity index (χ1v) is 6.20. The molecular formula is C14H21NO. The van der Waals surface area contributed by atoms with Crippen molar-refractivity contribution in [1.29, 1.82) is 0 Å². The highest BCUT2D eigenvalue weighted by Crippen LogP contribution is 2.19. The Morgan fingerprint density at radius 2 is 2.25 bits per heavy atom. The van der Waals surface area contributed by atoms with Gasteiger partial charge in [-0.1, -0.05) is 24.3 Å². The summed E-state index contributed by atoms with van der Waals surface area (Å²) in [5.41, 5.74) is 2.56. The third kappa shape index (κ3) is 2.83. The SMILES string of the molecule is Cc1ccccc1CC(O)C1CCCNC1. The summed E-state index contributed by atoms with van der Waals surface area (Å²) in [7, 11) is 0. The molecule has 1 aliphatic heterocycles. The minimum Gasteiger partial charge on any atom is -0.392 e. The van der Waals surface area contributed by atoms with Gasteiger partial charge in [0, 0.05) is 6.54 Å². The van der Waals surface area contributed by atoms with Crippen molar-refractivity contribution in [3.05, 3.63) is 35.4 Å². The predicted octanol–water partition coefficient (Wildman–Crippen LogP) is 1.90. The minimum absolute atomic E-state index is 0.200. The predicted molar refractivity (Wildman–Crippen MR) is 66.5 cm³/mol. The average molecular weight is 219 g/mol. The molecular weight excluding hydrogens is 198 g/mol. The Balaban J connectivity index is 1.96. The molecule has 0 saturated carbocycles. The van der Waals surface area contributed by atoms with E-state index in [9.17, 15) is 5.11 Å². The van der Waals surface area contributed by atoms with Crippen LogP contribution in [0.3, 0.4) is 0 Å². The molecule has 0 spiro atoms. The molecule has 1 fully saturated rings. The molecule has 88 valence electrons. The first-order valence-electron chi connectivity index (χ1n) is 6.20. The van der Waals surface area contributed by atoms with Crippen LogP contribution in [0.5, 0.6) is 0 Å². The molecule has 2 rings (SSSR count). The number of rotatable bonds is 3. The van der Waals surface area contributed by atoms with Gasteiger partial charge in [0.15, 0.2) is 0 Å². The number of aliphatic hydroxyl groups is 1. The van der Waals surface area contributed by atoms with Crippen molar-refractivity contribution in [1.82, 2.24) is 5.32 Å². The summed E-state index contributed by atoms with van der Waals surface area (Å²) in [5.74, 6) is 0.424. The zero-order valence-corrected chi connectivity index (χ0v) is 9.95. The van der Waals surface area contributed by atoms with E-state index in [1.165, 1.54) is 17.5 Å². The van der Waals surface area contributed by atoms with Crippen molar-refractivity contribution in [2.24, 2.45) is 5.92 Å². The highest BCUT2D eigenvalue weighted by molar-refractivity contribution is 5.26. The monoisotopic (exact) mass is 219 g/mol. The molecule has 0 radical (unpaired) electrons. The van der Waals surface area contributed by atoms with Crippen LogP contribution in [0.4, 0.5) is 0 Å². The summed E-state index contributed by atoms with van der Waals surface area (Å²) in [6, 6.07) is 8.33. The van der Waals surface area contributed by atoms with E-state index in [1.54, 1.807) is 0 Å². The van der Waals surface area contributed by atoms with Gasteiger partial charge in [-0.2, -0.15) is 0 Å². The Hall–Kier alpha value is -0.860. The normalized spacial score (nSPS) is 23.0. The highest BCUT2D eigenvalue weighted by atomic mass is 16.3. The molecule has 1 saturated heterocycles. The fourth-order valence-corrected chi connectivity index (χ4v) is 2.44. The smallest absolute Gasteiger partial charge is 0.0620 e. The van der Waals surface area contributed by atoms with Gasteiger partial charge in [0.2, 0.25) is 0 Å². The van der Waals surface area contributed by atoms with Crippen LogP contribution in [0.15, 0.2) is 24.3 Å². The summed E-state index contributed by atoms with van der Waals surface area (Å²) in [4.78, 5) is 0. The van der Waals surface area contributed by atoms with Crippen molar-refractivity contribution in [2.75, 3.05) is 13.1 Å². The molecule has 2 atom stereocenters. The van der Waals surface area contributed by atoms with Crippen LogP contribution in [0.25, 0.3) is 0 Å². The van der Waals surface area contributed by atoms with Gasteiger partial charge in [-0.25, -0.2) is 0 Å². The number of hydrogen-bond donors (Lipinski definition) is 2. The number of benzene rings is 1. The molecule has 0 aromatic heterocycles. The maximum absolute atomic E-state index is 10.2. The van der Waals surface area contributed by atoms with Gasteiger partial charge in [0.05, 0.1) is 6.10 Å². The summed E-state index contributed by atoms with van der Waals surface area (Å²) >= 11 is 0. The number of aryl methyl sites for hydroxylation is 1. The van der Waals surface area contributed by atoms with Crippen LogP contribution in [-0.2, 0) is 6.42 Å². The Morgan fingerprint density at radius 3 is 2.94 bits per heavy atom. The largest absolute Gasteiger partial charge is 0.392 e. The van der Waals surface area contributed by atoms with Gasteiger partial charge >= 0.3 is 0 Å². The van der Waals surface area contributed by atoms with Crippen molar-refractivity contribution < 1.29 is 5.11 Å². The number of hydrogen-bond acceptors (Lipinski definition) is 2. The Bertz CT molecular complexity index is 331. The molecule has 0 bridgehead atoms. The zero-order valence-electron chi connectivity index (χ0n) is 9.95. The molecule has 0 amide bonds. The maximum atomic E-state index is 10.2. The highest BCUT2D eigenvalue weighted by Gasteiger charge is 2.21. The third-order valence-corrected chi connectivity index (χ3v) is 3.57. The zero-order chi connectivity index (χ0) is 11.4. The standard InChI is InChI=1S/C14H21NO/c1-11-5-2-3-6-12(11)9-14(16)13-7-4-8-15-10-13/h2-3,5-6,13-16H,4,7-10H2,1H3.